The fourth-order valence-corrected chi connectivity index (χ4v) is 3.51. The van der Waals surface area contributed by atoms with E-state index >= 15 is 0 Å². The highest BCUT2D eigenvalue weighted by molar-refractivity contribution is 7.99. The largest absolute Gasteiger partial charge is 0.465 e. The summed E-state index contributed by atoms with van der Waals surface area (Å²) < 4.78 is 4.84. The van der Waals surface area contributed by atoms with Crippen LogP contribution in [0, 0.1) is 0 Å². The van der Waals surface area contributed by atoms with Gasteiger partial charge in [0.25, 0.3) is 0 Å². The van der Waals surface area contributed by atoms with Crippen LogP contribution in [0.4, 0.5) is 0 Å². The van der Waals surface area contributed by atoms with Crippen molar-refractivity contribution in [2.45, 2.75) is 58.3 Å². The number of benzene rings is 1. The van der Waals surface area contributed by atoms with E-state index in [-0.39, 0.29) is 5.97 Å². The summed E-state index contributed by atoms with van der Waals surface area (Å²) in [5, 5.41) is 0. The van der Waals surface area contributed by atoms with Gasteiger partial charge in [-0.1, -0.05) is 47.1 Å². The third-order valence-electron chi connectivity index (χ3n) is 4.09. The molecule has 0 saturated carbocycles. The van der Waals surface area contributed by atoms with Gasteiger partial charge in [0.15, 0.2) is 0 Å². The van der Waals surface area contributed by atoms with Crippen molar-refractivity contribution in [3.63, 3.8) is 0 Å². The molecule has 0 aliphatic carbocycles. The first-order valence-corrected chi connectivity index (χ1v) is 10.2. The molecule has 0 atom stereocenters. The molecule has 0 aliphatic rings. The maximum Gasteiger partial charge on any atom is 0.338 e. The van der Waals surface area contributed by atoms with E-state index in [2.05, 4.69) is 45.9 Å². The molecule has 0 unspecified atom stereocenters. The maximum absolute atomic E-state index is 11.8. The quantitative estimate of drug-likeness (QED) is 0.252. The van der Waals surface area contributed by atoms with Gasteiger partial charge in [0.2, 0.25) is 0 Å². The average Bonchev–Trinajstić information content (AvgIpc) is 2.61. The lowest BCUT2D eigenvalue weighted by Crippen LogP contribution is -2.02. The topological polar surface area (TPSA) is 26.3 Å². The van der Waals surface area contributed by atoms with Crippen LogP contribution >= 0.6 is 11.8 Å². The Labute approximate surface area is 163 Å². The van der Waals surface area contributed by atoms with Crippen LogP contribution in [0.15, 0.2) is 64.1 Å². The van der Waals surface area contributed by atoms with Gasteiger partial charge in [-0.05, 0) is 65.5 Å². The molecule has 3 heteroatoms. The molecule has 0 N–H and O–H groups in total. The van der Waals surface area contributed by atoms with Gasteiger partial charge in [-0.2, -0.15) is 0 Å². The summed E-state index contributed by atoms with van der Waals surface area (Å²) in [6.45, 7) is 8.69. The van der Waals surface area contributed by atoms with Crippen molar-refractivity contribution in [2.75, 3.05) is 12.9 Å². The fraction of sp³-hybridized carbons (Fsp3) is 0.435. The molecule has 1 aromatic rings. The van der Waals surface area contributed by atoms with Crippen LogP contribution in [0.2, 0.25) is 0 Å². The molecule has 0 saturated heterocycles. The molecule has 1 aromatic carbocycles. The highest BCUT2D eigenvalue weighted by Crippen LogP contribution is 2.24. The molecule has 0 amide bonds. The number of allylic oxidation sites excluding steroid dienone is 5. The van der Waals surface area contributed by atoms with Gasteiger partial charge < -0.3 is 4.74 Å². The Balaban J connectivity index is 2.43. The molecule has 142 valence electrons. The first-order valence-electron chi connectivity index (χ1n) is 9.18. The van der Waals surface area contributed by atoms with Crippen LogP contribution in [0.5, 0.6) is 0 Å². The summed E-state index contributed by atoms with van der Waals surface area (Å²) in [7, 11) is 1.42. The summed E-state index contributed by atoms with van der Waals surface area (Å²) in [6, 6.07) is 7.60. The van der Waals surface area contributed by atoms with Crippen molar-refractivity contribution in [2.24, 2.45) is 0 Å². The second-order valence-electron chi connectivity index (χ2n) is 6.76. The Morgan fingerprint density at radius 3 is 2.23 bits per heavy atom. The van der Waals surface area contributed by atoms with Crippen molar-refractivity contribution in [3.05, 3.63) is 64.8 Å². The molecule has 26 heavy (non-hydrogen) atoms. The highest BCUT2D eigenvalue weighted by Gasteiger charge is 2.10. The second kappa shape index (κ2) is 12.6. The molecule has 1 rings (SSSR count). The summed E-state index contributed by atoms with van der Waals surface area (Å²) in [6.07, 6.45) is 11.4. The van der Waals surface area contributed by atoms with E-state index in [0.29, 0.717) is 5.56 Å². The third-order valence-corrected chi connectivity index (χ3v) is 5.09. The maximum atomic E-state index is 11.8. The molecule has 0 heterocycles. The summed E-state index contributed by atoms with van der Waals surface area (Å²) in [5.41, 5.74) is 4.89. The molecular weight excluding hydrogens is 340 g/mol. The van der Waals surface area contributed by atoms with E-state index in [0.717, 1.165) is 36.3 Å². The third kappa shape index (κ3) is 9.10. The minimum atomic E-state index is -0.275. The number of hydrogen-bond acceptors (Lipinski definition) is 3. The predicted molar refractivity (Wildman–Crippen MR) is 114 cm³/mol. The van der Waals surface area contributed by atoms with E-state index in [1.165, 1.54) is 23.8 Å². The van der Waals surface area contributed by atoms with Gasteiger partial charge in [0.1, 0.15) is 0 Å². The van der Waals surface area contributed by atoms with Gasteiger partial charge >= 0.3 is 5.97 Å². The normalized spacial score (nSPS) is 12.0. The number of rotatable bonds is 10. The smallest absolute Gasteiger partial charge is 0.338 e. The van der Waals surface area contributed by atoms with Gasteiger partial charge in [-0.25, -0.2) is 4.79 Å². The lowest BCUT2D eigenvalue weighted by molar-refractivity contribution is 0.0597. The van der Waals surface area contributed by atoms with Crippen molar-refractivity contribution < 1.29 is 9.53 Å². The molecule has 0 fully saturated rings. The number of esters is 1. The molecule has 0 bridgehead atoms. The van der Waals surface area contributed by atoms with E-state index in [4.69, 9.17) is 4.74 Å². The zero-order valence-corrected chi connectivity index (χ0v) is 17.6. The number of hydrogen-bond donors (Lipinski definition) is 0. The first kappa shape index (κ1) is 22.3. The monoisotopic (exact) mass is 372 g/mol. The minimum absolute atomic E-state index is 0.275. The Morgan fingerprint density at radius 2 is 1.58 bits per heavy atom. The number of ether oxygens (including phenoxy) is 1. The van der Waals surface area contributed by atoms with E-state index in [9.17, 15) is 4.79 Å². The SMILES string of the molecule is COC(=O)c1ccccc1SC/C=C(/C)CC/C=C(/C)CCC=C(C)C. The van der Waals surface area contributed by atoms with Crippen LogP contribution in [0.1, 0.15) is 63.7 Å². The van der Waals surface area contributed by atoms with Crippen LogP contribution < -0.4 is 0 Å². The second-order valence-corrected chi connectivity index (χ2v) is 7.82. The molecular formula is C23H32O2S. The minimum Gasteiger partial charge on any atom is -0.465 e. The average molecular weight is 373 g/mol. The van der Waals surface area contributed by atoms with E-state index in [1.807, 2.05) is 24.3 Å². The molecule has 0 spiro atoms. The van der Waals surface area contributed by atoms with Gasteiger partial charge in [0.05, 0.1) is 12.7 Å². The molecule has 0 aliphatic heterocycles. The van der Waals surface area contributed by atoms with Crippen molar-refractivity contribution in [3.8, 4) is 0 Å². The van der Waals surface area contributed by atoms with Crippen LogP contribution in [-0.4, -0.2) is 18.8 Å². The van der Waals surface area contributed by atoms with Gasteiger partial charge in [-0.3, -0.25) is 0 Å². The van der Waals surface area contributed by atoms with Crippen LogP contribution in [0.3, 0.4) is 0 Å². The zero-order chi connectivity index (χ0) is 19.4. The fourth-order valence-electron chi connectivity index (χ4n) is 2.48. The van der Waals surface area contributed by atoms with Gasteiger partial charge in [-0.15, -0.1) is 11.8 Å². The summed E-state index contributed by atoms with van der Waals surface area (Å²) in [5.74, 6) is 0.589. The van der Waals surface area contributed by atoms with Gasteiger partial charge in [0, 0.05) is 10.6 Å². The first-order chi connectivity index (χ1) is 12.4. The lowest BCUT2D eigenvalue weighted by atomic mass is 10.1. The van der Waals surface area contributed by atoms with Crippen molar-refractivity contribution in [1.29, 1.82) is 0 Å². The number of carbonyl (C=O) groups excluding carboxylic acids is 1. The predicted octanol–water partition coefficient (Wildman–Crippen LogP) is 6.98. The number of carbonyl (C=O) groups is 1. The molecule has 2 nitrogen and oxygen atoms in total. The Kier molecular flexibility index (Phi) is 10.8. The number of thioether (sulfide) groups is 1. The Bertz CT molecular complexity index is 665. The standard InChI is InChI=1S/C23H32O2S/c1-18(2)10-8-11-19(3)12-9-13-20(4)16-17-26-22-15-7-6-14-21(22)23(24)25-5/h6-7,10,12,14-16H,8-9,11,13,17H2,1-5H3/b19-12-,20-16-. The summed E-state index contributed by atoms with van der Waals surface area (Å²) in [4.78, 5) is 12.8. The summed E-state index contributed by atoms with van der Waals surface area (Å²) >= 11 is 1.67. The lowest BCUT2D eigenvalue weighted by Gasteiger charge is -2.06. The van der Waals surface area contributed by atoms with Crippen molar-refractivity contribution in [1.82, 2.24) is 0 Å². The van der Waals surface area contributed by atoms with Crippen LogP contribution in [-0.2, 0) is 4.74 Å². The van der Waals surface area contributed by atoms with E-state index < -0.39 is 0 Å². The van der Waals surface area contributed by atoms with Crippen LogP contribution in [0.25, 0.3) is 0 Å². The highest BCUT2D eigenvalue weighted by atomic mass is 32.2. The number of methoxy groups -OCH3 is 1. The zero-order valence-electron chi connectivity index (χ0n) is 16.8. The molecule has 0 radical (unpaired) electrons. The molecule has 0 aromatic heterocycles. The Hall–Kier alpha value is -1.74. The van der Waals surface area contributed by atoms with Crippen molar-refractivity contribution >= 4 is 17.7 Å². The van der Waals surface area contributed by atoms with E-state index in [1.54, 1.807) is 11.8 Å². The Morgan fingerprint density at radius 1 is 0.962 bits per heavy atom.